The lowest BCUT2D eigenvalue weighted by molar-refractivity contribution is -0.141. The van der Waals surface area contributed by atoms with Crippen LogP contribution >= 0.6 is 34.5 Å². The minimum Gasteiger partial charge on any atom is -0.493 e. The fraction of sp³-hybridized carbons (Fsp3) is 0.250. The number of thiazole rings is 1. The zero-order valence-corrected chi connectivity index (χ0v) is 19.4. The second kappa shape index (κ2) is 9.59. The van der Waals surface area contributed by atoms with Crippen molar-refractivity contribution in [2.24, 2.45) is 4.99 Å². The highest BCUT2D eigenvalue weighted by Gasteiger charge is 2.19. The molecule has 0 aliphatic heterocycles. The van der Waals surface area contributed by atoms with E-state index in [0.29, 0.717) is 37.5 Å². The van der Waals surface area contributed by atoms with Crippen LogP contribution in [0.2, 0.25) is 10.0 Å². The lowest BCUT2D eigenvalue weighted by Gasteiger charge is -2.12. The van der Waals surface area contributed by atoms with Crippen molar-refractivity contribution in [2.45, 2.75) is 6.54 Å². The molecule has 2 aromatic carbocycles. The molecular formula is C20H18Cl2N2O6S. The summed E-state index contributed by atoms with van der Waals surface area (Å²) in [4.78, 5) is 29.4. The molecule has 8 nitrogen and oxygen atoms in total. The molecule has 0 bridgehead atoms. The molecule has 164 valence electrons. The van der Waals surface area contributed by atoms with Gasteiger partial charge in [0, 0.05) is 10.6 Å². The zero-order chi connectivity index (χ0) is 22.7. The Hall–Kier alpha value is -2.75. The number of hydrogen-bond acceptors (Lipinski definition) is 7. The molecule has 0 fully saturated rings. The van der Waals surface area contributed by atoms with Gasteiger partial charge in [-0.15, -0.1) is 0 Å². The standard InChI is InChI=1S/C20H18Cl2N2O6S/c1-27-13-5-10(6-14(28-2)18(13)30-4)19(26)23-20-24(9-16(25)29-3)17-12(22)7-11(21)8-15(17)31-20/h5-8H,9H2,1-4H3. The molecule has 0 saturated carbocycles. The number of fused-ring (bicyclic) bond motifs is 1. The first-order valence-corrected chi connectivity index (χ1v) is 10.3. The van der Waals surface area contributed by atoms with E-state index in [9.17, 15) is 9.59 Å². The van der Waals surface area contributed by atoms with Crippen molar-refractivity contribution >= 4 is 56.6 Å². The van der Waals surface area contributed by atoms with Crippen LogP contribution in [0, 0.1) is 0 Å². The second-order valence-electron chi connectivity index (χ2n) is 6.11. The maximum absolute atomic E-state index is 13.0. The Morgan fingerprint density at radius 3 is 2.19 bits per heavy atom. The number of hydrogen-bond donors (Lipinski definition) is 0. The number of carbonyl (C=O) groups is 2. The lowest BCUT2D eigenvalue weighted by Crippen LogP contribution is -2.22. The molecule has 0 spiro atoms. The Labute approximate surface area is 191 Å². The van der Waals surface area contributed by atoms with E-state index in [1.807, 2.05) is 0 Å². The van der Waals surface area contributed by atoms with Crippen molar-refractivity contribution in [3.05, 3.63) is 44.7 Å². The molecule has 0 unspecified atom stereocenters. The molecule has 11 heteroatoms. The number of methoxy groups -OCH3 is 4. The average Bonchev–Trinajstić information content (AvgIpc) is 3.08. The van der Waals surface area contributed by atoms with Gasteiger partial charge in [-0.3, -0.25) is 9.59 Å². The van der Waals surface area contributed by atoms with Crippen LogP contribution in [0.3, 0.4) is 0 Å². The van der Waals surface area contributed by atoms with Crippen molar-refractivity contribution in [3.8, 4) is 17.2 Å². The summed E-state index contributed by atoms with van der Waals surface area (Å²) in [7, 11) is 5.64. The summed E-state index contributed by atoms with van der Waals surface area (Å²) in [6.07, 6.45) is 0. The van der Waals surface area contributed by atoms with Gasteiger partial charge >= 0.3 is 5.97 Å². The minimum atomic E-state index is -0.577. The van der Waals surface area contributed by atoms with E-state index in [1.54, 1.807) is 12.1 Å². The summed E-state index contributed by atoms with van der Waals surface area (Å²) in [5.74, 6) is -0.118. The highest BCUT2D eigenvalue weighted by atomic mass is 35.5. The Balaban J connectivity index is 2.20. The fourth-order valence-electron chi connectivity index (χ4n) is 2.91. The summed E-state index contributed by atoms with van der Waals surface area (Å²) in [6, 6.07) is 6.23. The quantitative estimate of drug-likeness (QED) is 0.492. The zero-order valence-electron chi connectivity index (χ0n) is 17.0. The number of esters is 1. The van der Waals surface area contributed by atoms with E-state index >= 15 is 0 Å². The molecule has 0 saturated heterocycles. The molecule has 3 rings (SSSR count). The van der Waals surface area contributed by atoms with Gasteiger partial charge in [0.25, 0.3) is 5.91 Å². The van der Waals surface area contributed by atoms with Gasteiger partial charge in [0.2, 0.25) is 5.75 Å². The minimum absolute atomic E-state index is 0.181. The molecule has 0 N–H and O–H groups in total. The lowest BCUT2D eigenvalue weighted by atomic mass is 10.1. The molecule has 1 heterocycles. The number of halogens is 2. The van der Waals surface area contributed by atoms with E-state index in [4.69, 9.17) is 42.1 Å². The fourth-order valence-corrected chi connectivity index (χ4v) is 4.72. The number of rotatable bonds is 6. The van der Waals surface area contributed by atoms with Gasteiger partial charge in [-0.05, 0) is 24.3 Å². The van der Waals surface area contributed by atoms with Crippen LogP contribution in [-0.2, 0) is 16.1 Å². The monoisotopic (exact) mass is 484 g/mol. The molecule has 31 heavy (non-hydrogen) atoms. The van der Waals surface area contributed by atoms with Gasteiger partial charge in [0.1, 0.15) is 6.54 Å². The maximum atomic E-state index is 13.0. The predicted molar refractivity (Wildman–Crippen MR) is 118 cm³/mol. The molecule has 1 amide bonds. The third-order valence-corrected chi connectivity index (χ3v) is 5.85. The van der Waals surface area contributed by atoms with Crippen molar-refractivity contribution < 1.29 is 28.5 Å². The topological polar surface area (TPSA) is 88.4 Å². The molecule has 0 aliphatic carbocycles. The molecule has 0 aliphatic rings. The third kappa shape index (κ3) is 4.63. The van der Waals surface area contributed by atoms with Crippen molar-refractivity contribution in [3.63, 3.8) is 0 Å². The summed E-state index contributed by atoms with van der Waals surface area (Å²) in [5.41, 5.74) is 0.735. The average molecular weight is 485 g/mol. The van der Waals surface area contributed by atoms with Gasteiger partial charge < -0.3 is 23.5 Å². The van der Waals surface area contributed by atoms with Gasteiger partial charge in [0.05, 0.1) is 43.7 Å². The maximum Gasteiger partial charge on any atom is 0.325 e. The molecule has 3 aromatic rings. The van der Waals surface area contributed by atoms with E-state index in [2.05, 4.69) is 4.99 Å². The van der Waals surface area contributed by atoms with Gasteiger partial charge in [-0.1, -0.05) is 34.5 Å². The number of ether oxygens (including phenoxy) is 4. The van der Waals surface area contributed by atoms with Crippen molar-refractivity contribution in [1.82, 2.24) is 4.57 Å². The van der Waals surface area contributed by atoms with E-state index in [1.165, 1.54) is 56.5 Å². The van der Waals surface area contributed by atoms with Crippen molar-refractivity contribution in [1.29, 1.82) is 0 Å². The molecular weight excluding hydrogens is 467 g/mol. The van der Waals surface area contributed by atoms with Crippen molar-refractivity contribution in [2.75, 3.05) is 28.4 Å². The van der Waals surface area contributed by atoms with Crippen LogP contribution in [0.5, 0.6) is 17.2 Å². The first kappa shape index (κ1) is 22.9. The summed E-state index contributed by atoms with van der Waals surface area (Å²) >= 11 is 13.6. The normalized spacial score (nSPS) is 11.5. The number of aromatic nitrogens is 1. The van der Waals surface area contributed by atoms with Gasteiger partial charge in [0.15, 0.2) is 16.3 Å². The first-order valence-electron chi connectivity index (χ1n) is 8.77. The predicted octanol–water partition coefficient (Wildman–Crippen LogP) is 3.95. The Morgan fingerprint density at radius 1 is 1.00 bits per heavy atom. The van der Waals surface area contributed by atoms with E-state index < -0.39 is 11.9 Å². The summed E-state index contributed by atoms with van der Waals surface area (Å²) in [6.45, 7) is -0.181. The molecule has 0 radical (unpaired) electrons. The molecule has 1 aromatic heterocycles. The Kier molecular flexibility index (Phi) is 7.09. The highest BCUT2D eigenvalue weighted by Crippen LogP contribution is 2.38. The van der Waals surface area contributed by atoms with Crippen LogP contribution in [0.1, 0.15) is 10.4 Å². The van der Waals surface area contributed by atoms with Crippen LogP contribution in [-0.4, -0.2) is 44.9 Å². The number of benzene rings is 2. The van der Waals surface area contributed by atoms with Gasteiger partial charge in [-0.25, -0.2) is 0 Å². The van der Waals surface area contributed by atoms with Crippen LogP contribution < -0.4 is 19.0 Å². The third-order valence-electron chi connectivity index (χ3n) is 4.32. The Morgan fingerprint density at radius 2 is 1.65 bits per heavy atom. The Bertz CT molecular complexity index is 1210. The van der Waals surface area contributed by atoms with Crippen LogP contribution in [0.25, 0.3) is 10.2 Å². The SMILES string of the molecule is COC(=O)Cn1c(=NC(=O)c2cc(OC)c(OC)c(OC)c2)sc2cc(Cl)cc(Cl)c21. The number of nitrogens with zero attached hydrogens (tertiary/aromatic N) is 2. The second-order valence-corrected chi connectivity index (χ2v) is 7.96. The summed E-state index contributed by atoms with van der Waals surface area (Å²) in [5, 5.41) is 0.746. The largest absolute Gasteiger partial charge is 0.493 e. The van der Waals surface area contributed by atoms with Crippen LogP contribution in [0.4, 0.5) is 0 Å². The van der Waals surface area contributed by atoms with Gasteiger partial charge in [-0.2, -0.15) is 4.99 Å². The van der Waals surface area contributed by atoms with E-state index in [-0.39, 0.29) is 16.9 Å². The van der Waals surface area contributed by atoms with Crippen LogP contribution in [0.15, 0.2) is 29.3 Å². The first-order chi connectivity index (χ1) is 14.8. The summed E-state index contributed by atoms with van der Waals surface area (Å²) < 4.78 is 22.8. The molecule has 0 atom stereocenters. The smallest absolute Gasteiger partial charge is 0.325 e. The van der Waals surface area contributed by atoms with E-state index in [0.717, 1.165) is 0 Å². The number of carbonyl (C=O) groups excluding carboxylic acids is 2. The number of amides is 1. The highest BCUT2D eigenvalue weighted by molar-refractivity contribution is 7.16.